The van der Waals surface area contributed by atoms with Crippen LogP contribution in [0.3, 0.4) is 0 Å². The monoisotopic (exact) mass is 763 g/mol. The quantitative estimate of drug-likeness (QED) is 0.0912. The van der Waals surface area contributed by atoms with Crippen LogP contribution in [0.1, 0.15) is 0 Å². The minimum absolute atomic E-state index is 0.237. The highest BCUT2D eigenvalue weighted by Crippen LogP contribution is 2.38. The molecule has 0 saturated heterocycles. The van der Waals surface area contributed by atoms with Crippen LogP contribution in [-0.2, 0) is 60.7 Å². The maximum Gasteiger partial charge on any atom is 0.297 e. The SMILES string of the molecule is O=S(=O)(O)c1cc(S(=O)(=O)O)c2cc(N[N]c3ccc4c(S(=O)(=O)O)cc(S(=O)(=O)O)cc4c3S(=O)(=O)O)cc(S(=O)(=O)O)c2c1. The average Bonchev–Trinajstić information content (AvgIpc) is 2.86. The molecule has 0 saturated carbocycles. The third-order valence-electron chi connectivity index (χ3n) is 5.96. The van der Waals surface area contributed by atoms with Crippen LogP contribution < -0.4 is 10.9 Å². The lowest BCUT2D eigenvalue weighted by Crippen LogP contribution is -2.14. The summed E-state index contributed by atoms with van der Waals surface area (Å²) in [5.74, 6) is 0. The molecule has 0 aromatic heterocycles. The van der Waals surface area contributed by atoms with E-state index in [4.69, 9.17) is 0 Å². The van der Waals surface area contributed by atoms with Crippen molar-refractivity contribution in [3.05, 3.63) is 48.5 Å². The summed E-state index contributed by atoms with van der Waals surface area (Å²) in [4.78, 5) is -7.56. The molecule has 26 heteroatoms. The van der Waals surface area contributed by atoms with Crippen LogP contribution in [0.25, 0.3) is 21.5 Å². The van der Waals surface area contributed by atoms with Crippen LogP contribution in [0.4, 0.5) is 11.4 Å². The second-order valence-electron chi connectivity index (χ2n) is 9.00. The minimum Gasteiger partial charge on any atom is -0.282 e. The molecule has 0 aliphatic rings. The van der Waals surface area contributed by atoms with Crippen molar-refractivity contribution >= 4 is 93.6 Å². The normalized spacial score (nSPS) is 13.6. The maximum absolute atomic E-state index is 12.4. The van der Waals surface area contributed by atoms with E-state index in [0.29, 0.717) is 30.3 Å². The number of benzene rings is 4. The van der Waals surface area contributed by atoms with Crippen molar-refractivity contribution in [2.75, 3.05) is 5.43 Å². The van der Waals surface area contributed by atoms with Crippen molar-refractivity contribution in [1.82, 2.24) is 5.43 Å². The Morgan fingerprint density at radius 3 is 1.28 bits per heavy atom. The van der Waals surface area contributed by atoms with Crippen molar-refractivity contribution in [3.63, 3.8) is 0 Å². The average molecular weight is 764 g/mol. The van der Waals surface area contributed by atoms with E-state index in [1.54, 1.807) is 0 Å². The van der Waals surface area contributed by atoms with Crippen LogP contribution in [0.5, 0.6) is 0 Å². The van der Waals surface area contributed by atoms with Gasteiger partial charge in [-0.05, 0) is 42.5 Å². The lowest BCUT2D eigenvalue weighted by molar-refractivity contribution is 0.477. The van der Waals surface area contributed by atoms with Gasteiger partial charge in [-0.25, -0.2) is 0 Å². The molecule has 0 atom stereocenters. The lowest BCUT2D eigenvalue weighted by atomic mass is 10.1. The second-order valence-corrected chi connectivity index (χ2v) is 17.4. The summed E-state index contributed by atoms with van der Waals surface area (Å²) in [6.07, 6.45) is 0. The molecule has 0 fully saturated rings. The van der Waals surface area contributed by atoms with E-state index < -0.39 is 123 Å². The van der Waals surface area contributed by atoms with Crippen molar-refractivity contribution in [3.8, 4) is 0 Å². The Labute approximate surface area is 259 Å². The molecule has 46 heavy (non-hydrogen) atoms. The van der Waals surface area contributed by atoms with E-state index in [9.17, 15) is 77.8 Å². The van der Waals surface area contributed by atoms with Crippen molar-refractivity contribution in [2.24, 2.45) is 0 Å². The molecule has 20 nitrogen and oxygen atoms in total. The number of nitrogens with zero attached hydrogens (tertiary/aromatic N) is 1. The molecule has 0 amide bonds. The fraction of sp³-hybridized carbons (Fsp3) is 0. The fourth-order valence-electron chi connectivity index (χ4n) is 4.19. The number of hydrogen-bond acceptors (Lipinski definition) is 13. The Kier molecular flexibility index (Phi) is 8.46. The Bertz CT molecular complexity index is 2670. The molecule has 0 unspecified atom stereocenters. The third kappa shape index (κ3) is 7.06. The smallest absolute Gasteiger partial charge is 0.282 e. The summed E-state index contributed by atoms with van der Waals surface area (Å²) >= 11 is 0. The van der Waals surface area contributed by atoms with Gasteiger partial charge in [0.1, 0.15) is 25.3 Å². The van der Waals surface area contributed by atoms with Crippen LogP contribution in [0, 0.1) is 0 Å². The van der Waals surface area contributed by atoms with Gasteiger partial charge in [0, 0.05) is 21.5 Å². The highest BCUT2D eigenvalue weighted by molar-refractivity contribution is 7.88. The van der Waals surface area contributed by atoms with Crippen molar-refractivity contribution in [2.45, 2.75) is 29.4 Å². The molecule has 0 heterocycles. The summed E-state index contributed by atoms with van der Waals surface area (Å²) in [6.45, 7) is 0. The zero-order valence-electron chi connectivity index (χ0n) is 21.6. The van der Waals surface area contributed by atoms with Gasteiger partial charge in [0.15, 0.2) is 0 Å². The van der Waals surface area contributed by atoms with Gasteiger partial charge in [-0.1, -0.05) is 6.07 Å². The Balaban J connectivity index is 2.03. The zero-order chi connectivity index (χ0) is 35.0. The molecule has 7 N–H and O–H groups in total. The van der Waals surface area contributed by atoms with Gasteiger partial charge in [-0.15, -0.1) is 0 Å². The van der Waals surface area contributed by atoms with Crippen molar-refractivity contribution in [1.29, 1.82) is 0 Å². The second kappa shape index (κ2) is 11.0. The predicted octanol–water partition coefficient (Wildman–Crippen LogP) is 0.736. The summed E-state index contributed by atoms with van der Waals surface area (Å²) in [6, 6.07) is 4.03. The minimum atomic E-state index is -5.52. The first-order chi connectivity index (χ1) is 20.6. The highest BCUT2D eigenvalue weighted by Gasteiger charge is 2.29. The van der Waals surface area contributed by atoms with E-state index in [0.717, 1.165) is 6.07 Å². The maximum atomic E-state index is 12.4. The molecule has 1 radical (unpaired) electrons. The third-order valence-corrected chi connectivity index (χ3v) is 11.2. The Hall–Kier alpha value is -3.54. The molecular formula is C20H15N2O18S6. The van der Waals surface area contributed by atoms with Crippen molar-refractivity contribution < 1.29 is 77.8 Å². The first kappa shape index (κ1) is 35.3. The summed E-state index contributed by atoms with van der Waals surface area (Å²) in [7, 11) is -32.1. The van der Waals surface area contributed by atoms with Gasteiger partial charge in [0.05, 0.1) is 15.5 Å². The van der Waals surface area contributed by atoms with Gasteiger partial charge in [0.2, 0.25) is 0 Å². The largest absolute Gasteiger partial charge is 0.297 e. The lowest BCUT2D eigenvalue weighted by Gasteiger charge is -2.16. The number of fused-ring (bicyclic) bond motifs is 2. The molecule has 4 aromatic carbocycles. The van der Waals surface area contributed by atoms with Gasteiger partial charge in [-0.3, -0.25) is 32.7 Å². The van der Waals surface area contributed by atoms with Crippen LogP contribution in [0.2, 0.25) is 0 Å². The summed E-state index contributed by atoms with van der Waals surface area (Å²) in [5.41, 5.74) is 4.15. The number of anilines is 1. The van der Waals surface area contributed by atoms with E-state index in [1.165, 1.54) is 0 Å². The first-order valence-electron chi connectivity index (χ1n) is 11.1. The molecule has 0 bridgehead atoms. The molecule has 0 spiro atoms. The Morgan fingerprint density at radius 1 is 0.435 bits per heavy atom. The van der Waals surface area contributed by atoms with E-state index in [-0.39, 0.29) is 12.1 Å². The summed E-state index contributed by atoms with van der Waals surface area (Å²) in [5, 5.41) is -3.30. The van der Waals surface area contributed by atoms with E-state index in [1.807, 2.05) is 0 Å². The molecule has 0 aliphatic carbocycles. The van der Waals surface area contributed by atoms with Crippen LogP contribution >= 0.6 is 0 Å². The summed E-state index contributed by atoms with van der Waals surface area (Å²) < 4.78 is 202. The first-order valence-corrected chi connectivity index (χ1v) is 19.8. The number of rotatable bonds is 9. The van der Waals surface area contributed by atoms with E-state index in [2.05, 4.69) is 10.9 Å². The standard InChI is InChI=1S/C20H15N2O18S6/c23-41(24,25)10-5-14-13(19(8-10)45(35,36)37)3-9(4-17(14)43(29,30)31)21-22-16-2-1-12-15(20(16)46(38,39)40)6-11(42(26,27)28)7-18(12)44(32,33)34/h1-8,21H,(H,23,24,25)(H,26,27,28)(H,29,30,31)(H,32,33,34)(H,35,36,37)(H,38,39,40). The fourth-order valence-corrected chi connectivity index (χ4v) is 8.41. The molecule has 249 valence electrons. The molecule has 4 rings (SSSR count). The molecule has 4 aromatic rings. The van der Waals surface area contributed by atoms with Gasteiger partial charge in [-0.2, -0.15) is 55.9 Å². The van der Waals surface area contributed by atoms with Crippen LogP contribution in [0.15, 0.2) is 77.9 Å². The van der Waals surface area contributed by atoms with E-state index >= 15 is 0 Å². The number of hydrogen-bond donors (Lipinski definition) is 7. The topological polar surface area (TPSA) is 352 Å². The predicted molar refractivity (Wildman–Crippen MR) is 152 cm³/mol. The number of nitrogens with one attached hydrogen (secondary N) is 1. The van der Waals surface area contributed by atoms with Gasteiger partial charge < -0.3 is 0 Å². The molecular weight excluding hydrogens is 749 g/mol. The zero-order valence-corrected chi connectivity index (χ0v) is 26.5. The van der Waals surface area contributed by atoms with Gasteiger partial charge in [0.25, 0.3) is 60.7 Å². The Morgan fingerprint density at radius 2 is 0.848 bits per heavy atom. The highest BCUT2D eigenvalue weighted by atomic mass is 32.2. The van der Waals surface area contributed by atoms with Gasteiger partial charge >= 0.3 is 0 Å². The molecule has 0 aliphatic heterocycles. The van der Waals surface area contributed by atoms with Crippen LogP contribution in [-0.4, -0.2) is 77.8 Å².